The summed E-state index contributed by atoms with van der Waals surface area (Å²) in [5, 5.41) is 9.32. The van der Waals surface area contributed by atoms with Gasteiger partial charge in [-0.3, -0.25) is 9.59 Å². The Morgan fingerprint density at radius 1 is 1.07 bits per heavy atom. The Balaban J connectivity index is 0.00000160. The first-order valence-corrected chi connectivity index (χ1v) is 9.49. The lowest BCUT2D eigenvalue weighted by Gasteiger charge is -2.30. The van der Waals surface area contributed by atoms with Crippen LogP contribution in [0, 0.1) is 0 Å². The van der Waals surface area contributed by atoms with Gasteiger partial charge in [0, 0.05) is 28.9 Å². The Morgan fingerprint density at radius 3 is 2.67 bits per heavy atom. The summed E-state index contributed by atoms with van der Waals surface area (Å²) in [6.45, 7) is 3.07. The molecular weight excluding hydrogens is 425 g/mol. The van der Waals surface area contributed by atoms with E-state index in [1.54, 1.807) is 48.8 Å². The molecule has 0 aliphatic carbocycles. The van der Waals surface area contributed by atoms with Gasteiger partial charge in [-0.05, 0) is 62.7 Å². The van der Waals surface area contributed by atoms with Crippen molar-refractivity contribution in [2.45, 2.75) is 31.8 Å². The van der Waals surface area contributed by atoms with Gasteiger partial charge in [-0.1, -0.05) is 6.07 Å². The van der Waals surface area contributed by atoms with Crippen molar-refractivity contribution in [3.63, 3.8) is 0 Å². The fourth-order valence-electron chi connectivity index (χ4n) is 3.51. The molecule has 4 rings (SSSR count). The predicted molar refractivity (Wildman–Crippen MR) is 123 cm³/mol. The summed E-state index contributed by atoms with van der Waals surface area (Å²) in [5.74, 6) is -0.366. The van der Waals surface area contributed by atoms with E-state index in [0.717, 1.165) is 30.4 Å². The number of benzene rings is 2. The number of imidazole rings is 1. The number of nitrogens with one attached hydrogen (secondary N) is 4. The smallest absolute Gasteiger partial charge is 0.255 e. The molecule has 2 amide bonds. The number of aromatic amines is 1. The number of anilines is 1. The van der Waals surface area contributed by atoms with Crippen molar-refractivity contribution in [1.82, 2.24) is 20.6 Å². The van der Waals surface area contributed by atoms with Crippen LogP contribution in [-0.2, 0) is 0 Å². The Kier molecular flexibility index (Phi) is 8.23. The highest BCUT2D eigenvalue weighted by molar-refractivity contribution is 6.06. The number of fused-ring (bicyclic) bond motifs is 1. The van der Waals surface area contributed by atoms with E-state index < -0.39 is 0 Å². The van der Waals surface area contributed by atoms with Gasteiger partial charge in [0.1, 0.15) is 0 Å². The van der Waals surface area contributed by atoms with E-state index in [1.807, 2.05) is 0 Å². The van der Waals surface area contributed by atoms with Crippen LogP contribution >= 0.6 is 24.8 Å². The second kappa shape index (κ2) is 10.4. The summed E-state index contributed by atoms with van der Waals surface area (Å²) in [6, 6.07) is 12.6. The van der Waals surface area contributed by atoms with E-state index in [1.165, 1.54) is 0 Å². The Bertz CT molecular complexity index is 1020. The van der Waals surface area contributed by atoms with E-state index in [0.29, 0.717) is 16.8 Å². The molecule has 0 radical (unpaired) electrons. The third-order valence-corrected chi connectivity index (χ3v) is 5.14. The molecule has 4 N–H and O–H groups in total. The second-order valence-corrected chi connectivity index (χ2v) is 7.13. The molecule has 1 saturated heterocycles. The van der Waals surface area contributed by atoms with Gasteiger partial charge < -0.3 is 20.9 Å². The molecule has 1 aliphatic heterocycles. The highest BCUT2D eigenvalue weighted by Gasteiger charge is 2.23. The van der Waals surface area contributed by atoms with Crippen LogP contribution in [0.3, 0.4) is 0 Å². The number of hydrogen-bond donors (Lipinski definition) is 4. The number of rotatable bonds is 4. The summed E-state index contributed by atoms with van der Waals surface area (Å²) in [7, 11) is 0. The van der Waals surface area contributed by atoms with Crippen molar-refractivity contribution >= 4 is 53.3 Å². The van der Waals surface area contributed by atoms with Crippen molar-refractivity contribution in [2.75, 3.05) is 11.9 Å². The van der Waals surface area contributed by atoms with Crippen molar-refractivity contribution in [3.05, 3.63) is 59.9 Å². The minimum atomic E-state index is -0.237. The van der Waals surface area contributed by atoms with Gasteiger partial charge in [0.05, 0.1) is 17.4 Å². The van der Waals surface area contributed by atoms with Gasteiger partial charge >= 0.3 is 0 Å². The maximum Gasteiger partial charge on any atom is 0.255 e. The lowest BCUT2D eigenvalue weighted by Crippen LogP contribution is -2.51. The van der Waals surface area contributed by atoms with Crippen molar-refractivity contribution in [3.8, 4) is 0 Å². The summed E-state index contributed by atoms with van der Waals surface area (Å²) in [5.41, 5.74) is 3.24. The minimum Gasteiger partial charge on any atom is -0.348 e. The molecule has 2 unspecified atom stereocenters. The molecule has 1 aliphatic rings. The number of hydrogen-bond acceptors (Lipinski definition) is 4. The molecule has 9 heteroatoms. The number of piperidine rings is 1. The van der Waals surface area contributed by atoms with Gasteiger partial charge in [0.15, 0.2) is 0 Å². The van der Waals surface area contributed by atoms with Crippen LogP contribution in [0.2, 0.25) is 0 Å². The zero-order chi connectivity index (χ0) is 19.5. The maximum atomic E-state index is 12.6. The van der Waals surface area contributed by atoms with E-state index >= 15 is 0 Å². The van der Waals surface area contributed by atoms with Crippen molar-refractivity contribution in [1.29, 1.82) is 0 Å². The molecule has 7 nitrogen and oxygen atoms in total. The van der Waals surface area contributed by atoms with Crippen LogP contribution < -0.4 is 16.0 Å². The lowest BCUT2D eigenvalue weighted by atomic mass is 9.99. The van der Waals surface area contributed by atoms with E-state index in [2.05, 4.69) is 32.8 Å². The van der Waals surface area contributed by atoms with Gasteiger partial charge in [-0.2, -0.15) is 0 Å². The molecule has 1 fully saturated rings. The van der Waals surface area contributed by atoms with Crippen LogP contribution in [0.5, 0.6) is 0 Å². The van der Waals surface area contributed by atoms with E-state index in [-0.39, 0.29) is 48.7 Å². The second-order valence-electron chi connectivity index (χ2n) is 7.13. The SMILES string of the molecule is CC1NCCCC1NC(=O)c1cccc(NC(=O)c2ccc3nc[nH]c3c2)c1.Cl.Cl. The van der Waals surface area contributed by atoms with Gasteiger partial charge in [-0.15, -0.1) is 24.8 Å². The third kappa shape index (κ3) is 5.30. The van der Waals surface area contributed by atoms with Crippen LogP contribution in [0.4, 0.5) is 5.69 Å². The van der Waals surface area contributed by atoms with Crippen LogP contribution in [0.25, 0.3) is 11.0 Å². The Morgan fingerprint density at radius 2 is 1.87 bits per heavy atom. The molecule has 1 aromatic heterocycles. The first kappa shape index (κ1) is 23.7. The van der Waals surface area contributed by atoms with E-state index in [4.69, 9.17) is 0 Å². The highest BCUT2D eigenvalue weighted by atomic mass is 35.5. The number of carbonyl (C=O) groups is 2. The molecule has 2 atom stereocenters. The first-order valence-electron chi connectivity index (χ1n) is 9.49. The van der Waals surface area contributed by atoms with E-state index in [9.17, 15) is 9.59 Å². The largest absolute Gasteiger partial charge is 0.348 e. The Labute approximate surface area is 187 Å². The lowest BCUT2D eigenvalue weighted by molar-refractivity contribution is 0.0919. The summed E-state index contributed by atoms with van der Waals surface area (Å²) >= 11 is 0. The minimum absolute atomic E-state index is 0. The molecule has 30 heavy (non-hydrogen) atoms. The van der Waals surface area contributed by atoms with Crippen molar-refractivity contribution < 1.29 is 9.59 Å². The third-order valence-electron chi connectivity index (χ3n) is 5.14. The fraction of sp³-hybridized carbons (Fsp3) is 0.286. The average Bonchev–Trinajstić information content (AvgIpc) is 3.17. The quantitative estimate of drug-likeness (QED) is 0.489. The fourth-order valence-corrected chi connectivity index (χ4v) is 3.51. The zero-order valence-corrected chi connectivity index (χ0v) is 18.1. The molecule has 160 valence electrons. The molecule has 0 saturated carbocycles. The standard InChI is InChI=1S/C21H23N5O2.2ClH/c1-13-17(6-3-9-22-13)26-21(28)14-4-2-5-16(10-14)25-20(27)15-7-8-18-19(11-15)24-12-23-18;;/h2,4-5,7-8,10-13,17,22H,3,6,9H2,1H3,(H,23,24)(H,25,27)(H,26,28);2*1H. The molecule has 2 aromatic carbocycles. The first-order chi connectivity index (χ1) is 13.6. The monoisotopic (exact) mass is 449 g/mol. The molecule has 0 spiro atoms. The topological polar surface area (TPSA) is 98.9 Å². The van der Waals surface area contributed by atoms with Crippen LogP contribution in [0.1, 0.15) is 40.5 Å². The van der Waals surface area contributed by atoms with Crippen LogP contribution in [-0.4, -0.2) is 40.4 Å². The number of carbonyl (C=O) groups excluding carboxylic acids is 2. The Hall–Kier alpha value is -2.61. The normalized spacial score (nSPS) is 18.0. The highest BCUT2D eigenvalue weighted by Crippen LogP contribution is 2.16. The van der Waals surface area contributed by atoms with Gasteiger partial charge in [-0.25, -0.2) is 4.98 Å². The molecule has 3 aromatic rings. The number of amides is 2. The number of halogens is 2. The number of nitrogens with zero attached hydrogens (tertiary/aromatic N) is 1. The van der Waals surface area contributed by atoms with Crippen molar-refractivity contribution in [2.24, 2.45) is 0 Å². The summed E-state index contributed by atoms with van der Waals surface area (Å²) in [4.78, 5) is 32.3. The average molecular weight is 450 g/mol. The predicted octanol–water partition coefficient (Wildman–Crippen LogP) is 3.53. The molecular formula is C21H25Cl2N5O2. The molecule has 2 heterocycles. The maximum absolute atomic E-state index is 12.6. The summed E-state index contributed by atoms with van der Waals surface area (Å²) in [6.07, 6.45) is 3.61. The number of H-pyrrole nitrogens is 1. The van der Waals surface area contributed by atoms with Gasteiger partial charge in [0.2, 0.25) is 0 Å². The number of aromatic nitrogens is 2. The van der Waals surface area contributed by atoms with Crippen LogP contribution in [0.15, 0.2) is 48.8 Å². The summed E-state index contributed by atoms with van der Waals surface area (Å²) < 4.78 is 0. The zero-order valence-electron chi connectivity index (χ0n) is 16.5. The molecule has 0 bridgehead atoms. The van der Waals surface area contributed by atoms with Gasteiger partial charge in [0.25, 0.3) is 11.8 Å².